The predicted molar refractivity (Wildman–Crippen MR) is 64.7 cm³/mol. The van der Waals surface area contributed by atoms with Crippen LogP contribution in [0.25, 0.3) is 0 Å². The highest BCUT2D eigenvalue weighted by molar-refractivity contribution is 6.32. The Hall–Kier alpha value is -1.48. The number of nitrogens with one attached hydrogen (secondary N) is 1. The van der Waals surface area contributed by atoms with Gasteiger partial charge in [0.2, 0.25) is 0 Å². The maximum absolute atomic E-state index is 6.04. The Kier molecular flexibility index (Phi) is 3.15. The minimum absolute atomic E-state index is 0.138. The fourth-order valence-electron chi connectivity index (χ4n) is 1.52. The van der Waals surface area contributed by atoms with E-state index in [2.05, 4.69) is 10.3 Å². The molecule has 3 nitrogen and oxygen atoms in total. The summed E-state index contributed by atoms with van der Waals surface area (Å²) in [5.74, 6) is 0. The van der Waals surface area contributed by atoms with E-state index < -0.39 is 0 Å². The van der Waals surface area contributed by atoms with Gasteiger partial charge in [-0.1, -0.05) is 11.6 Å². The number of furan rings is 1. The summed E-state index contributed by atoms with van der Waals surface area (Å²) in [6, 6.07) is 3.99. The second kappa shape index (κ2) is 4.58. The molecule has 0 aliphatic heterocycles. The molecule has 2 rings (SSSR count). The quantitative estimate of drug-likeness (QED) is 0.824. The highest BCUT2D eigenvalue weighted by Gasteiger charge is 2.10. The molecular formula is C12H13ClN2O. The highest BCUT2D eigenvalue weighted by Crippen LogP contribution is 2.27. The number of aromatic nitrogens is 1. The lowest BCUT2D eigenvalue weighted by atomic mass is 10.1. The first-order chi connectivity index (χ1) is 7.68. The summed E-state index contributed by atoms with van der Waals surface area (Å²) in [7, 11) is 0. The average Bonchev–Trinajstić information content (AvgIpc) is 2.76. The topological polar surface area (TPSA) is 38.1 Å². The molecule has 0 saturated carbocycles. The Balaban J connectivity index is 2.21. The third kappa shape index (κ3) is 2.19. The van der Waals surface area contributed by atoms with Crippen LogP contribution in [0.3, 0.4) is 0 Å². The van der Waals surface area contributed by atoms with Crippen LogP contribution in [0.2, 0.25) is 5.15 Å². The maximum Gasteiger partial charge on any atom is 0.152 e. The van der Waals surface area contributed by atoms with Gasteiger partial charge in [0.25, 0.3) is 0 Å². The molecule has 1 N–H and O–H groups in total. The zero-order valence-corrected chi connectivity index (χ0v) is 9.95. The summed E-state index contributed by atoms with van der Waals surface area (Å²) >= 11 is 6.04. The van der Waals surface area contributed by atoms with Gasteiger partial charge >= 0.3 is 0 Å². The molecule has 2 heterocycles. The Labute approximate surface area is 99.5 Å². The summed E-state index contributed by atoms with van der Waals surface area (Å²) < 4.78 is 5.05. The normalized spacial score (nSPS) is 12.4. The predicted octanol–water partition coefficient (Wildman–Crippen LogP) is 3.81. The molecule has 0 amide bonds. The van der Waals surface area contributed by atoms with Crippen LogP contribution in [0.5, 0.6) is 0 Å². The van der Waals surface area contributed by atoms with Gasteiger partial charge in [-0.25, -0.2) is 4.98 Å². The maximum atomic E-state index is 6.04. The van der Waals surface area contributed by atoms with E-state index in [1.165, 1.54) is 0 Å². The minimum atomic E-state index is 0.138. The van der Waals surface area contributed by atoms with Crippen molar-refractivity contribution < 1.29 is 4.42 Å². The van der Waals surface area contributed by atoms with Gasteiger partial charge in [0.05, 0.1) is 24.3 Å². The van der Waals surface area contributed by atoms with E-state index in [9.17, 15) is 0 Å². The van der Waals surface area contributed by atoms with Gasteiger partial charge in [0, 0.05) is 11.8 Å². The van der Waals surface area contributed by atoms with E-state index in [1.54, 1.807) is 18.7 Å². The molecule has 4 heteroatoms. The standard InChI is InChI=1S/C12H13ClN2O/c1-8-3-5-14-12(13)11(8)15-9(2)10-4-6-16-7-10/h3-7,9,15H,1-2H3. The second-order valence-electron chi connectivity index (χ2n) is 3.72. The second-order valence-corrected chi connectivity index (χ2v) is 4.07. The lowest BCUT2D eigenvalue weighted by Crippen LogP contribution is -2.07. The van der Waals surface area contributed by atoms with Gasteiger partial charge in [-0.05, 0) is 31.5 Å². The number of hydrogen-bond acceptors (Lipinski definition) is 3. The summed E-state index contributed by atoms with van der Waals surface area (Å²) in [5, 5.41) is 3.82. The van der Waals surface area contributed by atoms with E-state index >= 15 is 0 Å². The fraction of sp³-hybridized carbons (Fsp3) is 0.250. The number of pyridine rings is 1. The first-order valence-electron chi connectivity index (χ1n) is 5.08. The number of nitrogens with zero attached hydrogens (tertiary/aromatic N) is 1. The van der Waals surface area contributed by atoms with Crippen LogP contribution in [0, 0.1) is 6.92 Å². The Bertz CT molecular complexity index is 448. The van der Waals surface area contributed by atoms with Crippen LogP contribution in [0.15, 0.2) is 35.3 Å². The van der Waals surface area contributed by atoms with Crippen molar-refractivity contribution in [3.8, 4) is 0 Å². The molecule has 1 atom stereocenters. The van der Waals surface area contributed by atoms with Gasteiger partial charge in [0.15, 0.2) is 5.15 Å². The Morgan fingerprint density at radius 1 is 1.44 bits per heavy atom. The molecule has 0 aliphatic rings. The molecule has 2 aromatic rings. The van der Waals surface area contributed by atoms with Crippen molar-refractivity contribution in [3.05, 3.63) is 47.1 Å². The van der Waals surface area contributed by atoms with Crippen molar-refractivity contribution in [1.82, 2.24) is 4.98 Å². The lowest BCUT2D eigenvalue weighted by Gasteiger charge is -2.16. The van der Waals surface area contributed by atoms with Gasteiger partial charge in [-0.2, -0.15) is 0 Å². The van der Waals surface area contributed by atoms with Crippen LogP contribution in [0.4, 0.5) is 5.69 Å². The monoisotopic (exact) mass is 236 g/mol. The van der Waals surface area contributed by atoms with Crippen molar-refractivity contribution in [1.29, 1.82) is 0 Å². The summed E-state index contributed by atoms with van der Waals surface area (Å²) in [4.78, 5) is 4.05. The first-order valence-corrected chi connectivity index (χ1v) is 5.46. The molecule has 0 saturated heterocycles. The molecule has 1 unspecified atom stereocenters. The van der Waals surface area contributed by atoms with Crippen LogP contribution in [-0.2, 0) is 0 Å². The Morgan fingerprint density at radius 2 is 2.25 bits per heavy atom. The zero-order chi connectivity index (χ0) is 11.5. The van der Waals surface area contributed by atoms with E-state index in [-0.39, 0.29) is 6.04 Å². The number of hydrogen-bond donors (Lipinski definition) is 1. The number of anilines is 1. The molecule has 0 aromatic carbocycles. The number of aryl methyl sites for hydroxylation is 1. The number of rotatable bonds is 3. The minimum Gasteiger partial charge on any atom is -0.472 e. The van der Waals surface area contributed by atoms with Crippen molar-refractivity contribution in [2.45, 2.75) is 19.9 Å². The van der Waals surface area contributed by atoms with Gasteiger partial charge in [-0.3, -0.25) is 0 Å². The van der Waals surface area contributed by atoms with Gasteiger partial charge < -0.3 is 9.73 Å². The molecule has 84 valence electrons. The highest BCUT2D eigenvalue weighted by atomic mass is 35.5. The lowest BCUT2D eigenvalue weighted by molar-refractivity contribution is 0.562. The van der Waals surface area contributed by atoms with Crippen molar-refractivity contribution in [2.75, 3.05) is 5.32 Å². The van der Waals surface area contributed by atoms with Gasteiger partial charge in [-0.15, -0.1) is 0 Å². The largest absolute Gasteiger partial charge is 0.472 e. The zero-order valence-electron chi connectivity index (χ0n) is 9.20. The van der Waals surface area contributed by atoms with Crippen molar-refractivity contribution in [2.24, 2.45) is 0 Å². The molecule has 2 aromatic heterocycles. The molecule has 0 bridgehead atoms. The smallest absolute Gasteiger partial charge is 0.152 e. The SMILES string of the molecule is Cc1ccnc(Cl)c1NC(C)c1ccoc1. The molecule has 0 spiro atoms. The summed E-state index contributed by atoms with van der Waals surface area (Å²) in [5.41, 5.74) is 3.03. The molecule has 16 heavy (non-hydrogen) atoms. The van der Waals surface area contributed by atoms with Crippen LogP contribution in [-0.4, -0.2) is 4.98 Å². The van der Waals surface area contributed by atoms with Crippen LogP contribution in [0.1, 0.15) is 24.1 Å². The molecular weight excluding hydrogens is 224 g/mol. The summed E-state index contributed by atoms with van der Waals surface area (Å²) in [6.07, 6.45) is 5.08. The van der Waals surface area contributed by atoms with E-state index in [4.69, 9.17) is 16.0 Å². The third-order valence-electron chi connectivity index (χ3n) is 2.52. The Morgan fingerprint density at radius 3 is 2.88 bits per heavy atom. The van der Waals surface area contributed by atoms with E-state index in [0.717, 1.165) is 16.8 Å². The number of halogens is 1. The molecule has 0 fully saturated rings. The van der Waals surface area contributed by atoms with E-state index in [1.807, 2.05) is 26.0 Å². The third-order valence-corrected chi connectivity index (χ3v) is 2.80. The van der Waals surface area contributed by atoms with Crippen LogP contribution < -0.4 is 5.32 Å². The van der Waals surface area contributed by atoms with E-state index in [0.29, 0.717) is 5.15 Å². The van der Waals surface area contributed by atoms with Crippen molar-refractivity contribution in [3.63, 3.8) is 0 Å². The first kappa shape index (κ1) is 11.0. The average molecular weight is 237 g/mol. The summed E-state index contributed by atoms with van der Waals surface area (Å²) in [6.45, 7) is 4.05. The van der Waals surface area contributed by atoms with Crippen LogP contribution >= 0.6 is 11.6 Å². The fourth-order valence-corrected chi connectivity index (χ4v) is 1.78. The molecule has 0 aliphatic carbocycles. The van der Waals surface area contributed by atoms with Gasteiger partial charge in [0.1, 0.15) is 0 Å². The van der Waals surface area contributed by atoms with Crippen molar-refractivity contribution >= 4 is 17.3 Å². The molecule has 0 radical (unpaired) electrons.